The fourth-order valence-corrected chi connectivity index (χ4v) is 4.21. The molecule has 10 nitrogen and oxygen atoms in total. The van der Waals surface area contributed by atoms with Crippen LogP contribution >= 0.6 is 0 Å². The van der Waals surface area contributed by atoms with Gasteiger partial charge in [-0.15, -0.1) is 0 Å². The maximum absolute atomic E-state index is 13.1. The molecule has 0 saturated carbocycles. The number of carboxylic acids is 1. The Morgan fingerprint density at radius 1 is 0.853 bits per heavy atom. The molecule has 0 spiro atoms. The molecule has 4 aromatic rings. The standard InChI is InChI=1S/C23H20N4O6S/c1-32-16-11-15(12-17(13-16)33-2)24-21-22(26-20-9-4-3-8-19(20)25-21)27-34(30,31)18-7-5-6-14(10-18)23(28)29/h3-13H,1-2H3,(H,24,25)(H,26,27)(H,28,29). The number of ether oxygens (including phenoxy) is 2. The zero-order valence-corrected chi connectivity index (χ0v) is 19.0. The maximum Gasteiger partial charge on any atom is 0.335 e. The molecule has 1 heterocycles. The summed E-state index contributed by atoms with van der Waals surface area (Å²) in [6, 6.07) is 17.1. The Kier molecular flexibility index (Phi) is 6.19. The predicted octanol–water partition coefficient (Wildman–Crippen LogP) is 3.89. The van der Waals surface area contributed by atoms with Gasteiger partial charge in [-0.25, -0.2) is 23.2 Å². The summed E-state index contributed by atoms with van der Waals surface area (Å²) in [6.07, 6.45) is 0. The van der Waals surface area contributed by atoms with Gasteiger partial charge < -0.3 is 19.9 Å². The third kappa shape index (κ3) is 4.84. The summed E-state index contributed by atoms with van der Waals surface area (Å²) < 4.78 is 39.2. The fraction of sp³-hybridized carbons (Fsp3) is 0.0870. The Morgan fingerprint density at radius 2 is 1.47 bits per heavy atom. The van der Waals surface area contributed by atoms with Crippen molar-refractivity contribution in [1.29, 1.82) is 0 Å². The van der Waals surface area contributed by atoms with Gasteiger partial charge >= 0.3 is 5.97 Å². The van der Waals surface area contributed by atoms with Gasteiger partial charge in [0.1, 0.15) is 11.5 Å². The second-order valence-electron chi connectivity index (χ2n) is 7.07. The lowest BCUT2D eigenvalue weighted by atomic mass is 10.2. The maximum atomic E-state index is 13.1. The number of carboxylic acid groups (broad SMARTS) is 1. The predicted molar refractivity (Wildman–Crippen MR) is 127 cm³/mol. The van der Waals surface area contributed by atoms with E-state index in [2.05, 4.69) is 20.0 Å². The lowest BCUT2D eigenvalue weighted by molar-refractivity contribution is 0.0696. The third-order valence-electron chi connectivity index (χ3n) is 4.81. The second-order valence-corrected chi connectivity index (χ2v) is 8.76. The average Bonchev–Trinajstić information content (AvgIpc) is 2.84. The van der Waals surface area contributed by atoms with Crippen LogP contribution in [0.1, 0.15) is 10.4 Å². The highest BCUT2D eigenvalue weighted by Gasteiger charge is 2.20. The molecule has 34 heavy (non-hydrogen) atoms. The van der Waals surface area contributed by atoms with Crippen LogP contribution in [-0.2, 0) is 10.0 Å². The molecule has 0 bridgehead atoms. The molecule has 11 heteroatoms. The summed E-state index contributed by atoms with van der Waals surface area (Å²) in [7, 11) is -1.16. The van der Waals surface area contributed by atoms with Gasteiger partial charge in [-0.1, -0.05) is 18.2 Å². The van der Waals surface area contributed by atoms with Gasteiger partial charge in [0.2, 0.25) is 0 Å². The first-order valence-electron chi connectivity index (χ1n) is 9.92. The van der Waals surface area contributed by atoms with Crippen molar-refractivity contribution in [3.63, 3.8) is 0 Å². The Balaban J connectivity index is 1.79. The van der Waals surface area contributed by atoms with Gasteiger partial charge in [-0.3, -0.25) is 4.72 Å². The number of para-hydroxylation sites is 2. The smallest absolute Gasteiger partial charge is 0.335 e. The molecule has 0 saturated heterocycles. The van der Waals surface area contributed by atoms with Crippen LogP contribution in [0.15, 0.2) is 71.6 Å². The number of sulfonamides is 1. The molecule has 0 fully saturated rings. The molecule has 0 atom stereocenters. The SMILES string of the molecule is COc1cc(Nc2nc3ccccc3nc2NS(=O)(=O)c2cccc(C(=O)O)c2)cc(OC)c1. The number of methoxy groups -OCH3 is 2. The highest BCUT2D eigenvalue weighted by molar-refractivity contribution is 7.92. The molecule has 174 valence electrons. The van der Waals surface area contributed by atoms with Crippen molar-refractivity contribution in [3.8, 4) is 11.5 Å². The van der Waals surface area contributed by atoms with Crippen LogP contribution in [0.5, 0.6) is 11.5 Å². The van der Waals surface area contributed by atoms with E-state index in [1.54, 1.807) is 42.5 Å². The van der Waals surface area contributed by atoms with E-state index in [1.807, 2.05) is 0 Å². The minimum Gasteiger partial charge on any atom is -0.497 e. The number of benzene rings is 3. The number of hydrogen-bond donors (Lipinski definition) is 3. The molecule has 0 radical (unpaired) electrons. The monoisotopic (exact) mass is 480 g/mol. The number of rotatable bonds is 8. The van der Waals surface area contributed by atoms with Crippen molar-refractivity contribution in [3.05, 3.63) is 72.3 Å². The van der Waals surface area contributed by atoms with Crippen LogP contribution < -0.4 is 19.5 Å². The number of nitrogens with zero attached hydrogens (tertiary/aromatic N) is 2. The van der Waals surface area contributed by atoms with Gasteiger partial charge in [0.15, 0.2) is 11.6 Å². The molecule has 1 aromatic heterocycles. The quantitative estimate of drug-likeness (QED) is 0.343. The van der Waals surface area contributed by atoms with Gasteiger partial charge in [-0.05, 0) is 30.3 Å². The molecule has 3 aromatic carbocycles. The zero-order chi connectivity index (χ0) is 24.3. The summed E-state index contributed by atoms with van der Waals surface area (Å²) in [5.41, 5.74) is 1.37. The number of aromatic carboxylic acids is 1. The fourth-order valence-electron chi connectivity index (χ4n) is 3.16. The minimum atomic E-state index is -4.18. The van der Waals surface area contributed by atoms with Crippen molar-refractivity contribution < 1.29 is 27.8 Å². The Morgan fingerprint density at radius 3 is 2.06 bits per heavy atom. The number of hydrogen-bond acceptors (Lipinski definition) is 8. The third-order valence-corrected chi connectivity index (χ3v) is 6.14. The van der Waals surface area contributed by atoms with Crippen LogP contribution in [-0.4, -0.2) is 43.7 Å². The Hall–Kier alpha value is -4.38. The summed E-state index contributed by atoms with van der Waals surface area (Å²) in [5.74, 6) is -0.142. The van der Waals surface area contributed by atoms with Crippen LogP contribution in [0.4, 0.5) is 17.3 Å². The van der Waals surface area contributed by atoms with E-state index in [9.17, 15) is 18.3 Å². The van der Waals surface area contributed by atoms with Gasteiger partial charge in [0, 0.05) is 23.9 Å². The van der Waals surface area contributed by atoms with E-state index in [0.29, 0.717) is 28.2 Å². The molecule has 0 unspecified atom stereocenters. The Labute approximate surface area is 195 Å². The molecule has 0 aliphatic rings. The number of carbonyl (C=O) groups is 1. The van der Waals surface area contributed by atoms with Gasteiger partial charge in [0.25, 0.3) is 10.0 Å². The molecule has 0 aliphatic heterocycles. The summed E-state index contributed by atoms with van der Waals surface area (Å²) in [6.45, 7) is 0. The van der Waals surface area contributed by atoms with Crippen molar-refractivity contribution >= 4 is 44.3 Å². The number of nitrogens with one attached hydrogen (secondary N) is 2. The molecule has 0 amide bonds. The molecular formula is C23H20N4O6S. The normalized spacial score (nSPS) is 11.1. The minimum absolute atomic E-state index is 0.0683. The topological polar surface area (TPSA) is 140 Å². The first-order chi connectivity index (χ1) is 16.3. The lowest BCUT2D eigenvalue weighted by Gasteiger charge is -2.15. The summed E-state index contributed by atoms with van der Waals surface area (Å²) in [5, 5.41) is 12.3. The van der Waals surface area contributed by atoms with E-state index in [-0.39, 0.29) is 22.1 Å². The van der Waals surface area contributed by atoms with Crippen molar-refractivity contribution in [1.82, 2.24) is 9.97 Å². The van der Waals surface area contributed by atoms with Crippen LogP contribution in [0.25, 0.3) is 11.0 Å². The molecule has 0 aliphatic carbocycles. The lowest BCUT2D eigenvalue weighted by Crippen LogP contribution is -2.16. The summed E-state index contributed by atoms with van der Waals surface area (Å²) >= 11 is 0. The Bertz CT molecular complexity index is 1470. The molecule has 3 N–H and O–H groups in total. The van der Waals surface area contributed by atoms with Crippen molar-refractivity contribution in [2.75, 3.05) is 24.3 Å². The number of aromatic nitrogens is 2. The average molecular weight is 481 g/mol. The zero-order valence-electron chi connectivity index (χ0n) is 18.1. The van der Waals surface area contributed by atoms with E-state index in [0.717, 1.165) is 6.07 Å². The van der Waals surface area contributed by atoms with E-state index >= 15 is 0 Å². The first-order valence-corrected chi connectivity index (χ1v) is 11.4. The molecule has 4 rings (SSSR count). The first kappa shape index (κ1) is 22.8. The number of anilines is 3. The van der Waals surface area contributed by atoms with E-state index in [4.69, 9.17) is 9.47 Å². The van der Waals surface area contributed by atoms with Crippen LogP contribution in [0.3, 0.4) is 0 Å². The van der Waals surface area contributed by atoms with E-state index in [1.165, 1.54) is 32.4 Å². The summed E-state index contributed by atoms with van der Waals surface area (Å²) in [4.78, 5) is 20.0. The van der Waals surface area contributed by atoms with E-state index < -0.39 is 16.0 Å². The van der Waals surface area contributed by atoms with Crippen LogP contribution in [0.2, 0.25) is 0 Å². The van der Waals surface area contributed by atoms with Gasteiger partial charge in [0.05, 0.1) is 35.7 Å². The van der Waals surface area contributed by atoms with Crippen molar-refractivity contribution in [2.45, 2.75) is 4.90 Å². The highest BCUT2D eigenvalue weighted by atomic mass is 32.2. The van der Waals surface area contributed by atoms with Gasteiger partial charge in [-0.2, -0.15) is 0 Å². The van der Waals surface area contributed by atoms with Crippen molar-refractivity contribution in [2.24, 2.45) is 0 Å². The largest absolute Gasteiger partial charge is 0.497 e. The second kappa shape index (κ2) is 9.24. The molecular weight excluding hydrogens is 460 g/mol. The highest BCUT2D eigenvalue weighted by Crippen LogP contribution is 2.31. The van der Waals surface area contributed by atoms with Crippen LogP contribution in [0, 0.1) is 0 Å². The number of fused-ring (bicyclic) bond motifs is 1.